The Hall–Kier alpha value is -4.58. The van der Waals surface area contributed by atoms with E-state index in [0.29, 0.717) is 33.3 Å². The Morgan fingerprint density at radius 3 is 2.58 bits per heavy atom. The molecule has 0 fully saturated rings. The molecule has 6 rings (SSSR count). The standard InChI is InChI=1S/C32H25FN2O3/c33-24-15-13-21(14-16-24)18-35-19-26-27(20-36)25-12-7-17-34-29(25)31(28(26)32(35)37)38-30(22-8-3-1-4-9-22)23-10-5-2-6-11-23/h1,3-5,7-17,20,30H,2,6,18-19H2. The van der Waals surface area contributed by atoms with Gasteiger partial charge in [-0.1, -0.05) is 66.8 Å². The molecule has 188 valence electrons. The molecular formula is C32H25FN2O3. The van der Waals surface area contributed by atoms with Crippen LogP contribution in [0.1, 0.15) is 56.4 Å². The summed E-state index contributed by atoms with van der Waals surface area (Å²) in [5.74, 6) is -0.199. The SMILES string of the molecule is O=Cc1c2c(c(OC(C3=CCCC=C3)c3ccccc3)c3ncccc13)C(=O)N(Cc1ccc(F)cc1)C2. The van der Waals surface area contributed by atoms with Crippen molar-refractivity contribution in [2.45, 2.75) is 32.0 Å². The predicted octanol–water partition coefficient (Wildman–Crippen LogP) is 6.74. The van der Waals surface area contributed by atoms with Gasteiger partial charge in [0.2, 0.25) is 0 Å². The molecule has 1 unspecified atom stereocenters. The Labute approximate surface area is 219 Å². The van der Waals surface area contributed by atoms with Gasteiger partial charge in [0.15, 0.2) is 12.0 Å². The molecule has 0 saturated carbocycles. The van der Waals surface area contributed by atoms with Crippen LogP contribution in [-0.4, -0.2) is 22.1 Å². The summed E-state index contributed by atoms with van der Waals surface area (Å²) in [5, 5.41) is 0.646. The van der Waals surface area contributed by atoms with Crippen molar-refractivity contribution in [3.63, 3.8) is 0 Å². The number of carbonyl (C=O) groups excluding carboxylic acids is 2. The zero-order chi connectivity index (χ0) is 26.1. The lowest BCUT2D eigenvalue weighted by atomic mass is 9.95. The molecule has 1 amide bonds. The first-order valence-electron chi connectivity index (χ1n) is 12.6. The molecule has 1 atom stereocenters. The van der Waals surface area contributed by atoms with Crippen LogP contribution in [0, 0.1) is 5.82 Å². The van der Waals surface area contributed by atoms with E-state index in [1.165, 1.54) is 12.1 Å². The van der Waals surface area contributed by atoms with E-state index < -0.39 is 6.10 Å². The summed E-state index contributed by atoms with van der Waals surface area (Å²) in [4.78, 5) is 32.5. The molecule has 2 aliphatic rings. The van der Waals surface area contributed by atoms with Crippen molar-refractivity contribution >= 4 is 23.1 Å². The van der Waals surface area contributed by atoms with E-state index in [1.807, 2.05) is 36.4 Å². The van der Waals surface area contributed by atoms with Crippen molar-refractivity contribution < 1.29 is 18.7 Å². The highest BCUT2D eigenvalue weighted by atomic mass is 19.1. The van der Waals surface area contributed by atoms with Crippen molar-refractivity contribution in [1.82, 2.24) is 9.88 Å². The Morgan fingerprint density at radius 2 is 1.84 bits per heavy atom. The summed E-state index contributed by atoms with van der Waals surface area (Å²) in [7, 11) is 0. The van der Waals surface area contributed by atoms with Gasteiger partial charge in [0, 0.05) is 30.2 Å². The minimum atomic E-state index is -0.455. The highest BCUT2D eigenvalue weighted by Crippen LogP contribution is 2.43. The van der Waals surface area contributed by atoms with E-state index in [0.717, 1.165) is 35.8 Å². The summed E-state index contributed by atoms with van der Waals surface area (Å²) in [6, 6.07) is 19.6. The van der Waals surface area contributed by atoms with Gasteiger partial charge in [-0.25, -0.2) is 4.39 Å². The van der Waals surface area contributed by atoms with Gasteiger partial charge in [0.25, 0.3) is 5.91 Å². The van der Waals surface area contributed by atoms with Crippen LogP contribution in [0.15, 0.2) is 96.7 Å². The van der Waals surface area contributed by atoms with E-state index >= 15 is 0 Å². The molecule has 0 saturated heterocycles. The fourth-order valence-corrected chi connectivity index (χ4v) is 5.26. The number of nitrogens with zero attached hydrogens (tertiary/aromatic N) is 2. The number of allylic oxidation sites excluding steroid dienone is 2. The number of hydrogen-bond donors (Lipinski definition) is 0. The maximum absolute atomic E-state index is 13.9. The zero-order valence-electron chi connectivity index (χ0n) is 20.6. The quantitative estimate of drug-likeness (QED) is 0.262. The van der Waals surface area contributed by atoms with Gasteiger partial charge in [-0.3, -0.25) is 14.6 Å². The molecule has 5 nitrogen and oxygen atoms in total. The van der Waals surface area contributed by atoms with E-state index in [4.69, 9.17) is 4.74 Å². The number of benzene rings is 3. The van der Waals surface area contributed by atoms with Gasteiger partial charge in [-0.15, -0.1) is 0 Å². The van der Waals surface area contributed by atoms with Gasteiger partial charge < -0.3 is 9.64 Å². The van der Waals surface area contributed by atoms with Crippen molar-refractivity contribution in [2.75, 3.05) is 0 Å². The summed E-state index contributed by atoms with van der Waals surface area (Å²) >= 11 is 0. The second-order valence-corrected chi connectivity index (χ2v) is 9.49. The zero-order valence-corrected chi connectivity index (χ0v) is 20.6. The summed E-state index contributed by atoms with van der Waals surface area (Å²) in [5.41, 5.74) is 4.67. The van der Waals surface area contributed by atoms with Crippen LogP contribution in [0.4, 0.5) is 4.39 Å². The van der Waals surface area contributed by atoms with Crippen LogP contribution in [0.3, 0.4) is 0 Å². The van der Waals surface area contributed by atoms with Crippen LogP contribution < -0.4 is 4.74 Å². The van der Waals surface area contributed by atoms with Gasteiger partial charge in [0.05, 0.1) is 5.56 Å². The minimum absolute atomic E-state index is 0.241. The third-order valence-corrected chi connectivity index (χ3v) is 7.09. The molecule has 0 spiro atoms. The van der Waals surface area contributed by atoms with Gasteiger partial charge in [0.1, 0.15) is 17.4 Å². The van der Waals surface area contributed by atoms with Crippen molar-refractivity contribution in [3.05, 3.63) is 130 Å². The number of pyridine rings is 1. The maximum Gasteiger partial charge on any atom is 0.258 e. The molecule has 1 aliphatic heterocycles. The lowest BCUT2D eigenvalue weighted by Gasteiger charge is -2.24. The van der Waals surface area contributed by atoms with Crippen molar-refractivity contribution in [3.8, 4) is 5.75 Å². The first-order valence-corrected chi connectivity index (χ1v) is 12.6. The Bertz CT molecular complexity index is 1590. The molecule has 0 N–H and O–H groups in total. The van der Waals surface area contributed by atoms with Crippen molar-refractivity contribution in [2.24, 2.45) is 0 Å². The smallest absolute Gasteiger partial charge is 0.258 e. The number of carbonyl (C=O) groups is 2. The average molecular weight is 505 g/mol. The number of rotatable bonds is 7. The number of halogens is 1. The van der Waals surface area contributed by atoms with Gasteiger partial charge in [-0.05, 0) is 53.3 Å². The highest BCUT2D eigenvalue weighted by molar-refractivity contribution is 6.12. The van der Waals surface area contributed by atoms with Crippen LogP contribution in [0.2, 0.25) is 0 Å². The van der Waals surface area contributed by atoms with Crippen LogP contribution in [0.5, 0.6) is 5.75 Å². The molecule has 0 bridgehead atoms. The Kier molecular flexibility index (Phi) is 6.30. The predicted molar refractivity (Wildman–Crippen MR) is 143 cm³/mol. The maximum atomic E-state index is 13.9. The topological polar surface area (TPSA) is 59.5 Å². The van der Waals surface area contributed by atoms with E-state index in [9.17, 15) is 14.0 Å². The number of ether oxygens (including phenoxy) is 1. The third kappa shape index (κ3) is 4.28. The Morgan fingerprint density at radius 1 is 1.03 bits per heavy atom. The molecular weight excluding hydrogens is 479 g/mol. The summed E-state index contributed by atoms with van der Waals surface area (Å²) < 4.78 is 20.3. The number of hydrogen-bond acceptors (Lipinski definition) is 4. The van der Waals surface area contributed by atoms with E-state index in [2.05, 4.69) is 23.2 Å². The molecule has 6 heteroatoms. The first kappa shape index (κ1) is 23.8. The molecule has 38 heavy (non-hydrogen) atoms. The third-order valence-electron chi connectivity index (χ3n) is 7.09. The summed E-state index contributed by atoms with van der Waals surface area (Å²) in [6.07, 6.45) is 10.2. The fraction of sp³-hybridized carbons (Fsp3) is 0.156. The van der Waals surface area contributed by atoms with Gasteiger partial charge in [-0.2, -0.15) is 0 Å². The second kappa shape index (κ2) is 10.1. The monoisotopic (exact) mass is 504 g/mol. The van der Waals surface area contributed by atoms with Gasteiger partial charge >= 0.3 is 0 Å². The summed E-state index contributed by atoms with van der Waals surface area (Å²) in [6.45, 7) is 0.532. The highest BCUT2D eigenvalue weighted by Gasteiger charge is 2.36. The average Bonchev–Trinajstić information content (AvgIpc) is 3.28. The lowest BCUT2D eigenvalue weighted by Crippen LogP contribution is -2.23. The number of aldehydes is 1. The molecule has 0 radical (unpaired) electrons. The van der Waals surface area contributed by atoms with Crippen LogP contribution in [0.25, 0.3) is 10.9 Å². The second-order valence-electron chi connectivity index (χ2n) is 9.49. The van der Waals surface area contributed by atoms with Crippen LogP contribution in [-0.2, 0) is 13.1 Å². The normalized spacial score (nSPS) is 15.3. The minimum Gasteiger partial charge on any atom is -0.478 e. The number of fused-ring (bicyclic) bond motifs is 2. The Balaban J connectivity index is 1.49. The number of amides is 1. The number of aromatic nitrogens is 1. The first-order chi connectivity index (χ1) is 18.6. The fourth-order valence-electron chi connectivity index (χ4n) is 5.26. The van der Waals surface area contributed by atoms with Crippen LogP contribution >= 0.6 is 0 Å². The molecule has 1 aromatic heterocycles. The van der Waals surface area contributed by atoms with E-state index in [-0.39, 0.29) is 24.8 Å². The van der Waals surface area contributed by atoms with E-state index in [1.54, 1.807) is 29.3 Å². The molecule has 1 aliphatic carbocycles. The molecule has 3 aromatic carbocycles. The lowest BCUT2D eigenvalue weighted by molar-refractivity contribution is 0.0762. The molecule has 2 heterocycles. The van der Waals surface area contributed by atoms with Crippen molar-refractivity contribution in [1.29, 1.82) is 0 Å². The largest absolute Gasteiger partial charge is 0.478 e. The molecule has 4 aromatic rings.